The highest BCUT2D eigenvalue weighted by molar-refractivity contribution is 6.76. The summed E-state index contributed by atoms with van der Waals surface area (Å²) in [6, 6.07) is -1.05. The molecule has 1 saturated heterocycles. The molecule has 0 aromatic heterocycles. The lowest BCUT2D eigenvalue weighted by atomic mass is 9.96. The second kappa shape index (κ2) is 14.2. The van der Waals surface area contributed by atoms with Gasteiger partial charge in [0.25, 0.3) is 3.79 Å². The predicted molar refractivity (Wildman–Crippen MR) is 117 cm³/mol. The number of halogens is 3. The molecular formula is C18H29Cl3N4O6. The van der Waals surface area contributed by atoms with Gasteiger partial charge in [-0.15, -0.1) is 0 Å². The highest BCUT2D eigenvalue weighted by atomic mass is 35.6. The third-order valence-electron chi connectivity index (χ3n) is 4.36. The van der Waals surface area contributed by atoms with Gasteiger partial charge in [0, 0.05) is 25.0 Å². The molecule has 0 aliphatic carbocycles. The van der Waals surface area contributed by atoms with Crippen LogP contribution in [0, 0.1) is 5.41 Å². The molecule has 0 amide bonds. The zero-order valence-electron chi connectivity index (χ0n) is 17.8. The molecule has 0 aromatic rings. The van der Waals surface area contributed by atoms with Gasteiger partial charge in [-0.3, -0.25) is 10.2 Å². The largest absolute Gasteiger partial charge is 0.463 e. The Bertz CT molecular complexity index is 630. The summed E-state index contributed by atoms with van der Waals surface area (Å²) in [6.45, 7) is 5.88. The topological polar surface area (TPSA) is 136 Å². The Morgan fingerprint density at radius 3 is 2.23 bits per heavy atom. The molecule has 5 atom stereocenters. The van der Waals surface area contributed by atoms with E-state index in [1.807, 2.05) is 13.8 Å². The van der Waals surface area contributed by atoms with Gasteiger partial charge in [0.2, 0.25) is 12.2 Å². The van der Waals surface area contributed by atoms with Gasteiger partial charge in [0.1, 0.15) is 31.0 Å². The summed E-state index contributed by atoms with van der Waals surface area (Å²) < 4.78 is 26.2. The first-order valence-electron chi connectivity index (χ1n) is 10.0. The zero-order chi connectivity index (χ0) is 23.4. The number of carbonyl (C=O) groups excluding carboxylic acids is 1. The zero-order valence-corrected chi connectivity index (χ0v) is 20.0. The van der Waals surface area contributed by atoms with Crippen LogP contribution in [0.25, 0.3) is 10.4 Å². The average Bonchev–Trinajstić information content (AvgIpc) is 2.69. The number of nitrogens with zero attached hydrogens (tertiary/aromatic N) is 3. The Morgan fingerprint density at radius 2 is 1.74 bits per heavy atom. The van der Waals surface area contributed by atoms with Gasteiger partial charge >= 0.3 is 5.97 Å². The Morgan fingerprint density at radius 1 is 1.16 bits per heavy atom. The first-order chi connectivity index (χ1) is 14.6. The fraction of sp³-hybridized carbons (Fsp3) is 0.889. The molecule has 1 aliphatic heterocycles. The first-order valence-corrected chi connectivity index (χ1v) is 11.2. The van der Waals surface area contributed by atoms with Crippen LogP contribution in [-0.2, 0) is 28.5 Å². The number of ether oxygens (including phenoxy) is 5. The lowest BCUT2D eigenvalue weighted by molar-refractivity contribution is -0.264. The van der Waals surface area contributed by atoms with Crippen molar-refractivity contribution in [2.24, 2.45) is 5.11 Å². The minimum absolute atomic E-state index is 0.163. The molecule has 1 N–H and O–H groups in total. The molecule has 1 heterocycles. The third kappa shape index (κ3) is 9.57. The van der Waals surface area contributed by atoms with Gasteiger partial charge in [0.15, 0.2) is 0 Å². The van der Waals surface area contributed by atoms with Crippen LogP contribution < -0.4 is 0 Å². The number of unbranched alkanes of at least 4 members (excludes halogenated alkanes) is 2. The van der Waals surface area contributed by atoms with E-state index >= 15 is 0 Å². The lowest BCUT2D eigenvalue weighted by Gasteiger charge is -2.44. The van der Waals surface area contributed by atoms with Gasteiger partial charge in [0.05, 0.1) is 0 Å². The van der Waals surface area contributed by atoms with Crippen molar-refractivity contribution in [2.45, 2.75) is 80.9 Å². The van der Waals surface area contributed by atoms with Crippen LogP contribution in [0.2, 0.25) is 0 Å². The van der Waals surface area contributed by atoms with Crippen molar-refractivity contribution in [2.75, 3.05) is 19.8 Å². The predicted octanol–water partition coefficient (Wildman–Crippen LogP) is 4.69. The van der Waals surface area contributed by atoms with Gasteiger partial charge < -0.3 is 23.7 Å². The first kappa shape index (κ1) is 28.0. The van der Waals surface area contributed by atoms with E-state index in [0.717, 1.165) is 25.7 Å². The Labute approximate surface area is 196 Å². The minimum atomic E-state index is -2.15. The third-order valence-corrected chi connectivity index (χ3v) is 4.87. The molecule has 1 fully saturated rings. The number of rotatable bonds is 12. The van der Waals surface area contributed by atoms with E-state index in [-0.39, 0.29) is 6.61 Å². The molecule has 0 bridgehead atoms. The summed E-state index contributed by atoms with van der Waals surface area (Å²) >= 11 is 17.1. The van der Waals surface area contributed by atoms with E-state index in [1.165, 1.54) is 6.92 Å². The van der Waals surface area contributed by atoms with Crippen molar-refractivity contribution in [3.05, 3.63) is 10.4 Å². The molecule has 1 rings (SSSR count). The number of carbonyl (C=O) groups is 1. The molecule has 0 aromatic carbocycles. The van der Waals surface area contributed by atoms with E-state index in [9.17, 15) is 4.79 Å². The number of nitrogens with one attached hydrogen (secondary N) is 1. The van der Waals surface area contributed by atoms with Gasteiger partial charge in [-0.25, -0.2) is 0 Å². The summed E-state index contributed by atoms with van der Waals surface area (Å²) in [7, 11) is 0. The SMILES string of the molecule is CCCCOC1C(N=[N+]=[N-])[C@@H](OC(=N)C(Cl)(Cl)Cl)O[C@@H](COC(C)=O)[C@H]1OCCCC. The van der Waals surface area contributed by atoms with Crippen molar-refractivity contribution < 1.29 is 28.5 Å². The smallest absolute Gasteiger partial charge is 0.302 e. The van der Waals surface area contributed by atoms with E-state index in [1.54, 1.807) is 0 Å². The van der Waals surface area contributed by atoms with Crippen LogP contribution in [0.1, 0.15) is 46.5 Å². The van der Waals surface area contributed by atoms with E-state index in [0.29, 0.717) is 13.2 Å². The summed E-state index contributed by atoms with van der Waals surface area (Å²) in [5, 5.41) is 11.6. The van der Waals surface area contributed by atoms with E-state index in [4.69, 9.17) is 69.4 Å². The quantitative estimate of drug-likeness (QED) is 0.0599. The number of hydrogen-bond donors (Lipinski definition) is 1. The average molecular weight is 504 g/mol. The van der Waals surface area contributed by atoms with E-state index in [2.05, 4.69) is 10.0 Å². The summed E-state index contributed by atoms with van der Waals surface area (Å²) in [4.78, 5) is 14.2. The Hall–Kier alpha value is -1.00. The number of hydrogen-bond acceptors (Lipinski definition) is 8. The number of azide groups is 1. The van der Waals surface area contributed by atoms with Crippen LogP contribution in [0.4, 0.5) is 0 Å². The highest BCUT2D eigenvalue weighted by Crippen LogP contribution is 2.33. The van der Waals surface area contributed by atoms with Crippen LogP contribution in [0.15, 0.2) is 5.11 Å². The molecule has 1 aliphatic rings. The van der Waals surface area contributed by atoms with Crippen LogP contribution in [-0.4, -0.2) is 66.1 Å². The minimum Gasteiger partial charge on any atom is -0.463 e. The fourth-order valence-corrected chi connectivity index (χ4v) is 2.94. The van der Waals surface area contributed by atoms with Crippen LogP contribution in [0.5, 0.6) is 0 Å². The second-order valence-corrected chi connectivity index (χ2v) is 9.14. The second-order valence-electron chi connectivity index (χ2n) is 6.86. The lowest BCUT2D eigenvalue weighted by Crippen LogP contribution is -2.61. The summed E-state index contributed by atoms with van der Waals surface area (Å²) in [5.74, 6) is -1.23. The maximum absolute atomic E-state index is 11.4. The monoisotopic (exact) mass is 502 g/mol. The number of esters is 1. The normalized spacial score (nSPS) is 26.1. The van der Waals surface area contributed by atoms with E-state index < -0.39 is 46.3 Å². The van der Waals surface area contributed by atoms with Crippen LogP contribution >= 0.6 is 34.8 Å². The molecule has 13 heteroatoms. The molecule has 2 unspecified atom stereocenters. The van der Waals surface area contributed by atoms with Crippen molar-refractivity contribution in [3.8, 4) is 0 Å². The Balaban J connectivity index is 3.24. The molecule has 0 spiro atoms. The molecule has 10 nitrogen and oxygen atoms in total. The van der Waals surface area contributed by atoms with Crippen molar-refractivity contribution in [1.29, 1.82) is 5.41 Å². The van der Waals surface area contributed by atoms with Gasteiger partial charge in [-0.05, 0) is 18.4 Å². The van der Waals surface area contributed by atoms with Crippen molar-refractivity contribution in [1.82, 2.24) is 0 Å². The maximum Gasteiger partial charge on any atom is 0.302 e. The van der Waals surface area contributed by atoms with Crippen LogP contribution in [0.3, 0.4) is 0 Å². The molecular weight excluding hydrogens is 475 g/mol. The molecule has 0 radical (unpaired) electrons. The fourth-order valence-electron chi connectivity index (χ4n) is 2.81. The van der Waals surface area contributed by atoms with Gasteiger partial charge in [-0.2, -0.15) is 0 Å². The molecule has 178 valence electrons. The highest BCUT2D eigenvalue weighted by Gasteiger charge is 2.50. The molecule has 31 heavy (non-hydrogen) atoms. The summed E-state index contributed by atoms with van der Waals surface area (Å²) in [6.07, 6.45) is -0.361. The van der Waals surface area contributed by atoms with Crippen molar-refractivity contribution in [3.63, 3.8) is 0 Å². The maximum atomic E-state index is 11.4. The molecule has 0 saturated carbocycles. The Kier molecular flexibility index (Phi) is 12.9. The number of alkyl halides is 3. The summed E-state index contributed by atoms with van der Waals surface area (Å²) in [5.41, 5.74) is 9.11. The van der Waals surface area contributed by atoms with Gasteiger partial charge in [-0.1, -0.05) is 66.6 Å². The standard InChI is InChI=1S/C18H29Cl3N4O6/c1-4-6-8-27-14-12(10-29-11(3)26)30-16(31-17(22)18(19,20)21)13(24-25-23)15(14)28-9-7-5-2/h12-16,22H,4-10H2,1-3H3/t12-,13?,14+,15?,16+/m0/s1. The van der Waals surface area contributed by atoms with Crippen molar-refractivity contribution >= 4 is 46.7 Å².